The van der Waals surface area contributed by atoms with Crippen molar-refractivity contribution in [2.75, 3.05) is 32.0 Å². The highest BCUT2D eigenvalue weighted by Crippen LogP contribution is 2.35. The van der Waals surface area contributed by atoms with Gasteiger partial charge in [-0.05, 0) is 59.6 Å². The van der Waals surface area contributed by atoms with Crippen molar-refractivity contribution in [1.82, 2.24) is 0 Å². The number of fused-ring (bicyclic) bond motifs is 2. The van der Waals surface area contributed by atoms with Crippen molar-refractivity contribution in [3.63, 3.8) is 0 Å². The van der Waals surface area contributed by atoms with Crippen LogP contribution < -0.4 is 9.64 Å². The topological polar surface area (TPSA) is 133 Å². The number of anilines is 1. The lowest BCUT2D eigenvalue weighted by Gasteiger charge is -2.28. The van der Waals surface area contributed by atoms with E-state index in [1.54, 1.807) is 71.9 Å². The van der Waals surface area contributed by atoms with Crippen LogP contribution in [0.4, 0.5) is 10.5 Å². The number of esters is 1. The number of ether oxygens (including phenoxy) is 6. The van der Waals surface area contributed by atoms with Crippen molar-refractivity contribution in [1.29, 1.82) is 0 Å². The second-order valence-electron chi connectivity index (χ2n) is 11.9. The first-order chi connectivity index (χ1) is 19.7. The summed E-state index contributed by atoms with van der Waals surface area (Å²) in [5.74, 6) is -1.64. The molecule has 0 spiro atoms. The Morgan fingerprint density at radius 2 is 1.88 bits per heavy atom. The maximum Gasteiger partial charge on any atom is 0.414 e. The largest absolute Gasteiger partial charge is 0.467 e. The van der Waals surface area contributed by atoms with E-state index in [9.17, 15) is 19.8 Å². The molecule has 1 aromatic rings. The number of amides is 1. The van der Waals surface area contributed by atoms with Gasteiger partial charge < -0.3 is 38.6 Å². The van der Waals surface area contributed by atoms with Crippen LogP contribution in [0, 0.1) is 5.92 Å². The van der Waals surface area contributed by atoms with Gasteiger partial charge in [-0.1, -0.05) is 31.2 Å². The molecule has 0 bridgehead atoms. The van der Waals surface area contributed by atoms with Gasteiger partial charge in [0.05, 0.1) is 24.9 Å². The van der Waals surface area contributed by atoms with Crippen LogP contribution in [0.1, 0.15) is 70.8 Å². The normalized spacial score (nSPS) is 27.6. The van der Waals surface area contributed by atoms with E-state index in [-0.39, 0.29) is 37.2 Å². The Morgan fingerprint density at radius 1 is 1.17 bits per heavy atom. The number of rotatable bonds is 6. The van der Waals surface area contributed by atoms with Gasteiger partial charge in [-0.15, -0.1) is 0 Å². The first-order valence-corrected chi connectivity index (χ1v) is 14.2. The monoisotopic (exact) mass is 591 g/mol. The lowest BCUT2D eigenvalue weighted by atomic mass is 9.98. The van der Waals surface area contributed by atoms with Gasteiger partial charge in [-0.3, -0.25) is 4.90 Å². The van der Waals surface area contributed by atoms with Crippen LogP contribution in [0.15, 0.2) is 30.4 Å². The van der Waals surface area contributed by atoms with E-state index in [1.807, 2.05) is 6.92 Å². The van der Waals surface area contributed by atoms with Crippen LogP contribution in [0.25, 0.3) is 6.08 Å². The number of aliphatic hydroxyl groups is 2. The first-order valence-electron chi connectivity index (χ1n) is 14.2. The Hall–Kier alpha value is -2.96. The molecule has 1 saturated heterocycles. The molecule has 3 rings (SSSR count). The van der Waals surface area contributed by atoms with E-state index in [2.05, 4.69) is 0 Å². The molecule has 1 fully saturated rings. The molecule has 2 aliphatic rings. The smallest absolute Gasteiger partial charge is 0.414 e. The summed E-state index contributed by atoms with van der Waals surface area (Å²) in [5, 5.41) is 20.7. The Balaban J connectivity index is 2.16. The third-order valence-electron chi connectivity index (χ3n) is 6.77. The number of hydrogen-bond donors (Lipinski definition) is 2. The van der Waals surface area contributed by atoms with Gasteiger partial charge in [-0.25, -0.2) is 9.59 Å². The van der Waals surface area contributed by atoms with Crippen LogP contribution >= 0.6 is 0 Å². The summed E-state index contributed by atoms with van der Waals surface area (Å²) in [6, 6.07) is 3.15. The van der Waals surface area contributed by atoms with Crippen molar-refractivity contribution in [2.45, 2.75) is 90.7 Å². The summed E-state index contributed by atoms with van der Waals surface area (Å²) in [7, 11) is 1.45. The van der Waals surface area contributed by atoms with Crippen molar-refractivity contribution in [3.8, 4) is 5.75 Å². The second kappa shape index (κ2) is 14.0. The fourth-order valence-corrected chi connectivity index (χ4v) is 4.66. The lowest BCUT2D eigenvalue weighted by Crippen LogP contribution is -2.38. The minimum Gasteiger partial charge on any atom is -0.467 e. The lowest BCUT2D eigenvalue weighted by molar-refractivity contribution is -0.152. The molecule has 5 atom stereocenters. The van der Waals surface area contributed by atoms with E-state index in [0.717, 1.165) is 0 Å². The number of methoxy groups -OCH3 is 1. The number of nitrogens with zero attached hydrogens (tertiary/aromatic N) is 1. The Labute approximate surface area is 248 Å². The molecule has 2 heterocycles. The van der Waals surface area contributed by atoms with Gasteiger partial charge in [0, 0.05) is 19.1 Å². The van der Waals surface area contributed by atoms with E-state index in [0.29, 0.717) is 17.7 Å². The quantitative estimate of drug-likeness (QED) is 0.278. The molecule has 0 saturated carbocycles. The molecule has 234 valence electrons. The Morgan fingerprint density at radius 3 is 2.52 bits per heavy atom. The zero-order chi connectivity index (χ0) is 31.2. The molecule has 0 aromatic heterocycles. The van der Waals surface area contributed by atoms with Gasteiger partial charge in [0.2, 0.25) is 0 Å². The zero-order valence-corrected chi connectivity index (χ0v) is 25.8. The highest BCUT2D eigenvalue weighted by Gasteiger charge is 2.43. The minimum absolute atomic E-state index is 0.0611. The number of aliphatic hydroxyl groups excluding tert-OH is 2. The van der Waals surface area contributed by atoms with Crippen molar-refractivity contribution in [3.05, 3.63) is 41.5 Å². The third-order valence-corrected chi connectivity index (χ3v) is 6.77. The third kappa shape index (κ3) is 8.78. The summed E-state index contributed by atoms with van der Waals surface area (Å²) >= 11 is 0. The van der Waals surface area contributed by atoms with Gasteiger partial charge in [0.15, 0.2) is 12.6 Å². The number of hydrogen-bond acceptors (Lipinski definition) is 10. The molecule has 2 aliphatic heterocycles. The average molecular weight is 592 g/mol. The molecule has 0 unspecified atom stereocenters. The molecule has 2 N–H and O–H groups in total. The summed E-state index contributed by atoms with van der Waals surface area (Å²) in [6.45, 7) is 11.9. The van der Waals surface area contributed by atoms with Crippen LogP contribution in [0.5, 0.6) is 5.75 Å². The van der Waals surface area contributed by atoms with E-state index < -0.39 is 47.9 Å². The first kappa shape index (κ1) is 33.5. The second-order valence-corrected chi connectivity index (χ2v) is 11.9. The van der Waals surface area contributed by atoms with Crippen LogP contribution in [0.2, 0.25) is 0 Å². The summed E-state index contributed by atoms with van der Waals surface area (Å²) in [4.78, 5) is 28.0. The molecule has 42 heavy (non-hydrogen) atoms. The SMILES string of the molecule is COCOc1cc(N(CCO)C(=O)OC(C)(C)C)cc2c1C(=O)O[C@@H](C)[C@H](C)/C=C\[C@@H](O)[C@H]1OC(C)(C)O[C@H]1C/C=C/2. The number of carbonyl (C=O) groups is 2. The predicted molar refractivity (Wildman–Crippen MR) is 156 cm³/mol. The summed E-state index contributed by atoms with van der Waals surface area (Å²) < 4.78 is 34.5. The molecule has 0 radical (unpaired) electrons. The number of benzene rings is 1. The van der Waals surface area contributed by atoms with Crippen molar-refractivity contribution in [2.24, 2.45) is 5.92 Å². The summed E-state index contributed by atoms with van der Waals surface area (Å²) in [5.41, 5.74) is 0.0940. The zero-order valence-electron chi connectivity index (χ0n) is 25.8. The Bertz CT molecular complexity index is 1160. The van der Waals surface area contributed by atoms with E-state index >= 15 is 0 Å². The van der Waals surface area contributed by atoms with Crippen molar-refractivity contribution >= 4 is 23.8 Å². The summed E-state index contributed by atoms with van der Waals surface area (Å²) in [6.07, 6.45) is 4.04. The highest BCUT2D eigenvalue weighted by atomic mass is 16.8. The van der Waals surface area contributed by atoms with Gasteiger partial charge in [0.1, 0.15) is 35.2 Å². The van der Waals surface area contributed by atoms with Crippen LogP contribution in [-0.2, 0) is 23.7 Å². The maximum atomic E-state index is 13.6. The maximum absolute atomic E-state index is 13.6. The van der Waals surface area contributed by atoms with E-state index in [1.165, 1.54) is 18.1 Å². The number of cyclic esters (lactones) is 1. The van der Waals surface area contributed by atoms with Gasteiger partial charge >= 0.3 is 12.1 Å². The molecular formula is C31H45NO10. The van der Waals surface area contributed by atoms with Gasteiger partial charge in [0.25, 0.3) is 0 Å². The molecule has 11 nitrogen and oxygen atoms in total. The fourth-order valence-electron chi connectivity index (χ4n) is 4.66. The molecular weight excluding hydrogens is 546 g/mol. The van der Waals surface area contributed by atoms with Crippen LogP contribution in [-0.4, -0.2) is 85.1 Å². The number of carbonyl (C=O) groups excluding carboxylic acids is 2. The Kier molecular flexibility index (Phi) is 11.2. The average Bonchev–Trinajstić information content (AvgIpc) is 3.21. The highest BCUT2D eigenvalue weighted by molar-refractivity contribution is 5.99. The van der Waals surface area contributed by atoms with Gasteiger partial charge in [-0.2, -0.15) is 0 Å². The fraction of sp³-hybridized carbons (Fsp3) is 0.613. The minimum atomic E-state index is -0.938. The van der Waals surface area contributed by atoms with Crippen LogP contribution in [0.3, 0.4) is 0 Å². The predicted octanol–water partition coefficient (Wildman–Crippen LogP) is 4.44. The van der Waals surface area contributed by atoms with E-state index in [4.69, 9.17) is 28.4 Å². The molecule has 1 amide bonds. The van der Waals surface area contributed by atoms with Crippen molar-refractivity contribution < 1.29 is 48.2 Å². The molecule has 1 aromatic carbocycles. The molecule has 0 aliphatic carbocycles. The molecule has 11 heteroatoms. The standard InChI is InChI=1S/C31H45NO10/c1-19-12-13-23(34)27-24(40-31(6,7)41-27)11-9-10-21-16-22(32(14-15-33)29(36)42-30(3,4)5)17-25(38-18-37-8)26(21)28(35)39-20(19)2/h9-10,12-13,16-17,19-20,23-24,27,33-34H,11,14-15,18H2,1-8H3/b10-9+,13-12-/t19-,20+,23-,24+,27-/m1/s1.